The molecule has 1 saturated carbocycles. The standard InChI is InChI=1S/C16H23ClN4O3/c1-10-2-4-11(5-3-10)19-16(23)24-12-6-7-21(9-12)13-8-18-20-15(22)14(13)17/h8,10-12H,2-7,9H2,1H3,(H,19,23)(H,20,22)/t10-,11+,12-/m1/s1. The fourth-order valence-corrected chi connectivity index (χ4v) is 3.60. The second-order valence-corrected chi connectivity index (χ2v) is 7.14. The van der Waals surface area contributed by atoms with Crippen LogP contribution in [-0.2, 0) is 4.74 Å². The van der Waals surface area contributed by atoms with Crippen LogP contribution in [0.5, 0.6) is 0 Å². The van der Waals surface area contributed by atoms with E-state index < -0.39 is 5.56 Å². The lowest BCUT2D eigenvalue weighted by atomic mass is 9.87. The van der Waals surface area contributed by atoms with Gasteiger partial charge >= 0.3 is 6.09 Å². The number of halogens is 1. The topological polar surface area (TPSA) is 87.3 Å². The third-order valence-corrected chi connectivity index (χ3v) is 5.24. The van der Waals surface area contributed by atoms with Crippen LogP contribution in [0.4, 0.5) is 10.5 Å². The van der Waals surface area contributed by atoms with Crippen LogP contribution in [0.2, 0.25) is 5.02 Å². The molecule has 132 valence electrons. The van der Waals surface area contributed by atoms with Crippen LogP contribution in [0.25, 0.3) is 0 Å². The third kappa shape index (κ3) is 4.01. The lowest BCUT2D eigenvalue weighted by molar-refractivity contribution is 0.102. The minimum absolute atomic E-state index is 0.117. The fourth-order valence-electron chi connectivity index (χ4n) is 3.39. The van der Waals surface area contributed by atoms with E-state index in [4.69, 9.17) is 16.3 Å². The number of aromatic nitrogens is 2. The van der Waals surface area contributed by atoms with Crippen LogP contribution in [-0.4, -0.2) is 41.5 Å². The van der Waals surface area contributed by atoms with E-state index in [-0.39, 0.29) is 23.3 Å². The fraction of sp³-hybridized carbons (Fsp3) is 0.688. The van der Waals surface area contributed by atoms with Crippen molar-refractivity contribution in [1.82, 2.24) is 15.5 Å². The SMILES string of the molecule is C[C@H]1CC[C@@H](NC(=O)O[C@@H]2CCN(c3cn[nH]c(=O)c3Cl)C2)CC1. The first-order valence-electron chi connectivity index (χ1n) is 8.48. The lowest BCUT2D eigenvalue weighted by Gasteiger charge is -2.27. The Kier molecular flexibility index (Phi) is 5.28. The molecular weight excluding hydrogens is 332 g/mol. The number of aromatic amines is 1. The summed E-state index contributed by atoms with van der Waals surface area (Å²) in [5.74, 6) is 0.745. The molecular formula is C16H23ClN4O3. The van der Waals surface area contributed by atoms with Crippen molar-refractivity contribution in [2.45, 2.75) is 51.2 Å². The highest BCUT2D eigenvalue weighted by molar-refractivity contribution is 6.33. The predicted octanol–water partition coefficient (Wildman–Crippen LogP) is 2.31. The van der Waals surface area contributed by atoms with Gasteiger partial charge in [-0.05, 0) is 31.6 Å². The van der Waals surface area contributed by atoms with Crippen LogP contribution >= 0.6 is 11.6 Å². The van der Waals surface area contributed by atoms with E-state index in [1.165, 1.54) is 6.20 Å². The Balaban J connectivity index is 1.50. The molecule has 1 aliphatic carbocycles. The molecule has 7 nitrogen and oxygen atoms in total. The molecule has 24 heavy (non-hydrogen) atoms. The molecule has 1 amide bonds. The Bertz CT molecular complexity index is 642. The summed E-state index contributed by atoms with van der Waals surface area (Å²) < 4.78 is 5.52. The van der Waals surface area contributed by atoms with Crippen LogP contribution in [0.1, 0.15) is 39.0 Å². The van der Waals surface area contributed by atoms with Crippen LogP contribution < -0.4 is 15.8 Å². The third-order valence-electron chi connectivity index (χ3n) is 4.87. The molecule has 1 aliphatic heterocycles. The van der Waals surface area contributed by atoms with E-state index in [0.29, 0.717) is 25.2 Å². The quantitative estimate of drug-likeness (QED) is 0.869. The molecule has 0 aromatic carbocycles. The van der Waals surface area contributed by atoms with Crippen molar-refractivity contribution in [1.29, 1.82) is 0 Å². The lowest BCUT2D eigenvalue weighted by Crippen LogP contribution is -2.39. The van der Waals surface area contributed by atoms with Gasteiger partial charge in [0, 0.05) is 19.0 Å². The Morgan fingerprint density at radius 1 is 1.38 bits per heavy atom. The zero-order valence-electron chi connectivity index (χ0n) is 13.8. The molecule has 0 spiro atoms. The maximum Gasteiger partial charge on any atom is 0.407 e. The molecule has 0 radical (unpaired) electrons. The highest BCUT2D eigenvalue weighted by atomic mass is 35.5. The maximum absolute atomic E-state index is 12.1. The number of rotatable bonds is 3. The smallest absolute Gasteiger partial charge is 0.407 e. The number of hydrogen-bond acceptors (Lipinski definition) is 5. The van der Waals surface area contributed by atoms with Crippen LogP contribution in [0, 0.1) is 5.92 Å². The number of ether oxygens (including phenoxy) is 1. The van der Waals surface area contributed by atoms with Crippen molar-refractivity contribution in [2.24, 2.45) is 5.92 Å². The Morgan fingerprint density at radius 3 is 2.88 bits per heavy atom. The van der Waals surface area contributed by atoms with Crippen molar-refractivity contribution in [3.8, 4) is 0 Å². The van der Waals surface area contributed by atoms with Gasteiger partial charge in [0.1, 0.15) is 11.1 Å². The predicted molar refractivity (Wildman–Crippen MR) is 91.5 cm³/mol. The summed E-state index contributed by atoms with van der Waals surface area (Å²) in [5, 5.41) is 9.16. The zero-order chi connectivity index (χ0) is 17.1. The molecule has 2 heterocycles. The number of anilines is 1. The average molecular weight is 355 g/mol. The Labute approximate surface area is 145 Å². The molecule has 1 aromatic rings. The van der Waals surface area contributed by atoms with Gasteiger partial charge in [0.05, 0.1) is 18.4 Å². The number of amides is 1. The second-order valence-electron chi connectivity index (χ2n) is 6.76. The number of alkyl carbamates (subject to hydrolysis) is 1. The average Bonchev–Trinajstić information content (AvgIpc) is 3.00. The van der Waals surface area contributed by atoms with Gasteiger partial charge in [-0.25, -0.2) is 9.89 Å². The van der Waals surface area contributed by atoms with Crippen molar-refractivity contribution >= 4 is 23.4 Å². The van der Waals surface area contributed by atoms with Gasteiger partial charge in [0.25, 0.3) is 5.56 Å². The molecule has 2 fully saturated rings. The van der Waals surface area contributed by atoms with Crippen molar-refractivity contribution in [3.05, 3.63) is 21.6 Å². The monoisotopic (exact) mass is 354 g/mol. The van der Waals surface area contributed by atoms with E-state index in [1.54, 1.807) is 0 Å². The number of nitrogens with zero attached hydrogens (tertiary/aromatic N) is 2. The van der Waals surface area contributed by atoms with E-state index in [9.17, 15) is 9.59 Å². The number of nitrogens with one attached hydrogen (secondary N) is 2. The molecule has 0 unspecified atom stereocenters. The first-order chi connectivity index (χ1) is 11.5. The number of hydrogen-bond donors (Lipinski definition) is 2. The minimum Gasteiger partial charge on any atom is -0.444 e. The summed E-state index contributed by atoms with van der Waals surface area (Å²) in [4.78, 5) is 25.5. The van der Waals surface area contributed by atoms with Crippen molar-refractivity contribution in [2.75, 3.05) is 18.0 Å². The normalized spacial score (nSPS) is 27.1. The Hall–Kier alpha value is -1.76. The molecule has 2 N–H and O–H groups in total. The van der Waals surface area contributed by atoms with E-state index in [2.05, 4.69) is 22.4 Å². The van der Waals surface area contributed by atoms with Gasteiger partial charge < -0.3 is 15.0 Å². The Morgan fingerprint density at radius 2 is 2.12 bits per heavy atom. The highest BCUT2D eigenvalue weighted by Crippen LogP contribution is 2.26. The zero-order valence-corrected chi connectivity index (χ0v) is 14.5. The summed E-state index contributed by atoms with van der Waals surface area (Å²) in [6.45, 7) is 3.43. The van der Waals surface area contributed by atoms with Gasteiger partial charge in [0.15, 0.2) is 0 Å². The summed E-state index contributed by atoms with van der Waals surface area (Å²) in [7, 11) is 0. The summed E-state index contributed by atoms with van der Waals surface area (Å²) in [6.07, 6.45) is 6.00. The summed E-state index contributed by atoms with van der Waals surface area (Å²) in [6, 6.07) is 0.220. The first-order valence-corrected chi connectivity index (χ1v) is 8.86. The van der Waals surface area contributed by atoms with Crippen LogP contribution in [0.15, 0.2) is 11.0 Å². The van der Waals surface area contributed by atoms with Gasteiger partial charge in [-0.2, -0.15) is 5.10 Å². The van der Waals surface area contributed by atoms with Gasteiger partial charge in [-0.15, -0.1) is 0 Å². The number of carbonyl (C=O) groups excluding carboxylic acids is 1. The second kappa shape index (κ2) is 7.42. The minimum atomic E-state index is -0.414. The highest BCUT2D eigenvalue weighted by Gasteiger charge is 2.29. The van der Waals surface area contributed by atoms with Crippen molar-refractivity contribution in [3.63, 3.8) is 0 Å². The number of H-pyrrole nitrogens is 1. The largest absolute Gasteiger partial charge is 0.444 e. The molecule has 3 rings (SSSR count). The van der Waals surface area contributed by atoms with E-state index in [0.717, 1.165) is 31.6 Å². The van der Waals surface area contributed by atoms with E-state index in [1.807, 2.05) is 4.90 Å². The van der Waals surface area contributed by atoms with Crippen molar-refractivity contribution < 1.29 is 9.53 Å². The molecule has 2 aliphatic rings. The van der Waals surface area contributed by atoms with E-state index >= 15 is 0 Å². The van der Waals surface area contributed by atoms with Gasteiger partial charge in [0.2, 0.25) is 0 Å². The maximum atomic E-state index is 12.1. The molecule has 8 heteroatoms. The molecule has 1 aromatic heterocycles. The first kappa shape index (κ1) is 17.1. The number of carbonyl (C=O) groups is 1. The molecule has 1 atom stereocenters. The van der Waals surface area contributed by atoms with Gasteiger partial charge in [-0.3, -0.25) is 4.79 Å². The summed E-state index contributed by atoms with van der Waals surface area (Å²) >= 11 is 6.02. The summed E-state index contributed by atoms with van der Waals surface area (Å²) in [5.41, 5.74) is 0.163. The van der Waals surface area contributed by atoms with Gasteiger partial charge in [-0.1, -0.05) is 18.5 Å². The molecule has 0 bridgehead atoms. The van der Waals surface area contributed by atoms with Crippen LogP contribution in [0.3, 0.4) is 0 Å². The molecule has 1 saturated heterocycles.